The van der Waals surface area contributed by atoms with E-state index in [1.165, 1.54) is 20.9 Å². The quantitative estimate of drug-likeness (QED) is 0.633. The maximum atomic E-state index is 6.55. The lowest BCUT2D eigenvalue weighted by molar-refractivity contribution is 1.14. The standard InChI is InChI=1S/C14H14BrClS/c1-3-11-5-7-13(17-11)14(16)12-6-4-10(15)8-9(12)2/h4-8,14H,3H2,1-2H3. The Morgan fingerprint density at radius 1 is 1.29 bits per heavy atom. The Bertz CT molecular complexity index is 519. The summed E-state index contributed by atoms with van der Waals surface area (Å²) in [6, 6.07) is 10.6. The monoisotopic (exact) mass is 328 g/mol. The molecule has 0 spiro atoms. The highest BCUT2D eigenvalue weighted by Crippen LogP contribution is 2.36. The molecular weight excluding hydrogens is 316 g/mol. The molecule has 1 aromatic heterocycles. The molecule has 2 rings (SSSR count). The average molecular weight is 330 g/mol. The molecule has 0 nitrogen and oxygen atoms in total. The van der Waals surface area contributed by atoms with Crippen LogP contribution in [0.3, 0.4) is 0 Å². The average Bonchev–Trinajstić information content (AvgIpc) is 2.76. The summed E-state index contributed by atoms with van der Waals surface area (Å²) >= 11 is 11.8. The van der Waals surface area contributed by atoms with Crippen molar-refractivity contribution in [1.29, 1.82) is 0 Å². The fraction of sp³-hybridized carbons (Fsp3) is 0.286. The SMILES string of the molecule is CCc1ccc(C(Cl)c2ccc(Br)cc2C)s1. The van der Waals surface area contributed by atoms with Gasteiger partial charge < -0.3 is 0 Å². The van der Waals surface area contributed by atoms with Crippen molar-refractivity contribution in [1.82, 2.24) is 0 Å². The fourth-order valence-electron chi connectivity index (χ4n) is 1.80. The number of thiophene rings is 1. The van der Waals surface area contributed by atoms with E-state index in [0.29, 0.717) is 0 Å². The maximum Gasteiger partial charge on any atom is 0.0930 e. The van der Waals surface area contributed by atoms with E-state index in [4.69, 9.17) is 11.6 Å². The molecule has 2 aromatic rings. The molecule has 0 saturated carbocycles. The van der Waals surface area contributed by atoms with E-state index in [9.17, 15) is 0 Å². The molecule has 0 aliphatic carbocycles. The number of halogens is 2. The van der Waals surface area contributed by atoms with Gasteiger partial charge in [-0.2, -0.15) is 0 Å². The van der Waals surface area contributed by atoms with Crippen molar-refractivity contribution in [3.8, 4) is 0 Å². The van der Waals surface area contributed by atoms with Crippen molar-refractivity contribution in [2.45, 2.75) is 25.6 Å². The predicted molar refractivity (Wildman–Crippen MR) is 80.3 cm³/mol. The minimum absolute atomic E-state index is 0.0339. The highest BCUT2D eigenvalue weighted by molar-refractivity contribution is 9.10. The molecule has 90 valence electrons. The van der Waals surface area contributed by atoms with Gasteiger partial charge in [0, 0.05) is 14.2 Å². The Hall–Kier alpha value is -0.310. The minimum Gasteiger partial charge on any atom is -0.143 e. The Kier molecular flexibility index (Phi) is 4.29. The van der Waals surface area contributed by atoms with Crippen LogP contribution in [-0.4, -0.2) is 0 Å². The van der Waals surface area contributed by atoms with Gasteiger partial charge in [0.05, 0.1) is 5.38 Å². The summed E-state index contributed by atoms with van der Waals surface area (Å²) in [6.45, 7) is 4.27. The van der Waals surface area contributed by atoms with Gasteiger partial charge in [0.2, 0.25) is 0 Å². The van der Waals surface area contributed by atoms with Crippen molar-refractivity contribution in [3.05, 3.63) is 55.7 Å². The second-order valence-electron chi connectivity index (χ2n) is 4.02. The summed E-state index contributed by atoms with van der Waals surface area (Å²) in [5.74, 6) is 0. The fourth-order valence-corrected chi connectivity index (χ4v) is 3.67. The van der Waals surface area contributed by atoms with Crippen LogP contribution in [0.5, 0.6) is 0 Å². The van der Waals surface area contributed by atoms with Crippen LogP contribution >= 0.6 is 38.9 Å². The van der Waals surface area contributed by atoms with Crippen molar-refractivity contribution in [3.63, 3.8) is 0 Å². The summed E-state index contributed by atoms with van der Waals surface area (Å²) in [5, 5.41) is -0.0339. The second kappa shape index (κ2) is 5.55. The molecule has 0 amide bonds. The van der Waals surface area contributed by atoms with Crippen molar-refractivity contribution >= 4 is 38.9 Å². The molecular formula is C14H14BrClS. The molecule has 0 aliphatic rings. The van der Waals surface area contributed by atoms with E-state index in [0.717, 1.165) is 10.9 Å². The first-order chi connectivity index (χ1) is 8.11. The van der Waals surface area contributed by atoms with Crippen LogP contribution in [0.25, 0.3) is 0 Å². The summed E-state index contributed by atoms with van der Waals surface area (Å²) in [7, 11) is 0. The Morgan fingerprint density at radius 3 is 2.65 bits per heavy atom. The number of aryl methyl sites for hydroxylation is 2. The summed E-state index contributed by atoms with van der Waals surface area (Å²) in [6.07, 6.45) is 1.08. The minimum atomic E-state index is -0.0339. The highest BCUT2D eigenvalue weighted by Gasteiger charge is 2.15. The first-order valence-electron chi connectivity index (χ1n) is 5.60. The molecule has 3 heteroatoms. The molecule has 1 aromatic carbocycles. The zero-order valence-corrected chi connectivity index (χ0v) is 13.0. The molecule has 0 radical (unpaired) electrons. The molecule has 17 heavy (non-hydrogen) atoms. The highest BCUT2D eigenvalue weighted by atomic mass is 79.9. The Morgan fingerprint density at radius 2 is 2.06 bits per heavy atom. The van der Waals surface area contributed by atoms with Crippen LogP contribution in [0.1, 0.15) is 33.2 Å². The van der Waals surface area contributed by atoms with Gasteiger partial charge in [0.1, 0.15) is 0 Å². The van der Waals surface area contributed by atoms with Crippen molar-refractivity contribution in [2.75, 3.05) is 0 Å². The summed E-state index contributed by atoms with van der Waals surface area (Å²) < 4.78 is 1.10. The third kappa shape index (κ3) is 2.93. The van der Waals surface area contributed by atoms with Crippen molar-refractivity contribution in [2.24, 2.45) is 0 Å². The summed E-state index contributed by atoms with van der Waals surface area (Å²) in [4.78, 5) is 2.62. The zero-order valence-electron chi connectivity index (χ0n) is 9.84. The normalized spacial score (nSPS) is 12.7. The molecule has 0 saturated heterocycles. The smallest absolute Gasteiger partial charge is 0.0930 e. The van der Waals surface area contributed by atoms with E-state index >= 15 is 0 Å². The second-order valence-corrected chi connectivity index (χ2v) is 6.57. The lowest BCUT2D eigenvalue weighted by atomic mass is 10.0. The number of rotatable bonds is 3. The largest absolute Gasteiger partial charge is 0.143 e. The molecule has 0 fully saturated rings. The van der Waals surface area contributed by atoms with Gasteiger partial charge in [-0.25, -0.2) is 0 Å². The topological polar surface area (TPSA) is 0 Å². The van der Waals surface area contributed by atoms with Crippen LogP contribution in [-0.2, 0) is 6.42 Å². The van der Waals surface area contributed by atoms with E-state index in [1.54, 1.807) is 11.3 Å². The number of hydrogen-bond donors (Lipinski definition) is 0. The third-order valence-electron chi connectivity index (χ3n) is 2.79. The molecule has 1 heterocycles. The van der Waals surface area contributed by atoms with Crippen LogP contribution < -0.4 is 0 Å². The lowest BCUT2D eigenvalue weighted by Crippen LogP contribution is -1.93. The maximum absolute atomic E-state index is 6.55. The molecule has 1 unspecified atom stereocenters. The molecule has 0 bridgehead atoms. The van der Waals surface area contributed by atoms with Gasteiger partial charge in [-0.3, -0.25) is 0 Å². The van der Waals surface area contributed by atoms with Crippen LogP contribution in [0.4, 0.5) is 0 Å². The van der Waals surface area contributed by atoms with E-state index in [1.807, 2.05) is 6.07 Å². The van der Waals surface area contributed by atoms with Gasteiger partial charge in [0.15, 0.2) is 0 Å². The third-order valence-corrected chi connectivity index (χ3v) is 5.17. The number of benzene rings is 1. The Balaban J connectivity index is 2.33. The van der Waals surface area contributed by atoms with Crippen molar-refractivity contribution < 1.29 is 0 Å². The molecule has 0 aliphatic heterocycles. The van der Waals surface area contributed by atoms with E-state index in [-0.39, 0.29) is 5.38 Å². The summed E-state index contributed by atoms with van der Waals surface area (Å²) in [5.41, 5.74) is 2.42. The lowest BCUT2D eigenvalue weighted by Gasteiger charge is -2.11. The first-order valence-corrected chi connectivity index (χ1v) is 7.65. The van der Waals surface area contributed by atoms with Gasteiger partial charge in [-0.1, -0.05) is 28.9 Å². The number of alkyl halides is 1. The molecule has 1 atom stereocenters. The van der Waals surface area contributed by atoms with Gasteiger partial charge in [0.25, 0.3) is 0 Å². The molecule has 0 N–H and O–H groups in total. The van der Waals surface area contributed by atoms with Gasteiger partial charge in [-0.05, 0) is 48.7 Å². The van der Waals surface area contributed by atoms with E-state index in [2.05, 4.69) is 54.0 Å². The predicted octanol–water partition coefficient (Wildman–Crippen LogP) is 5.71. The zero-order chi connectivity index (χ0) is 12.4. The first kappa shape index (κ1) is 13.1. The number of hydrogen-bond acceptors (Lipinski definition) is 1. The van der Waals surface area contributed by atoms with Gasteiger partial charge in [-0.15, -0.1) is 22.9 Å². The Labute approximate surface area is 120 Å². The van der Waals surface area contributed by atoms with Gasteiger partial charge >= 0.3 is 0 Å². The van der Waals surface area contributed by atoms with Crippen LogP contribution in [0.15, 0.2) is 34.8 Å². The van der Waals surface area contributed by atoms with Crippen LogP contribution in [0.2, 0.25) is 0 Å². The van der Waals surface area contributed by atoms with E-state index < -0.39 is 0 Å². The van der Waals surface area contributed by atoms with Crippen LogP contribution in [0, 0.1) is 6.92 Å².